The molecule has 1 unspecified atom stereocenters. The number of carbonyl (C=O) groups excluding carboxylic acids is 2. The summed E-state index contributed by atoms with van der Waals surface area (Å²) in [5, 5.41) is 14.1. The third-order valence-electron chi connectivity index (χ3n) is 3.42. The predicted octanol–water partition coefficient (Wildman–Crippen LogP) is -0.356. The molecule has 120 valence electrons. The largest absolute Gasteiger partial charge is 0.481 e. The van der Waals surface area contributed by atoms with Gasteiger partial charge in [-0.3, -0.25) is 9.59 Å². The average molecular weight is 301 g/mol. The quantitative estimate of drug-likeness (QED) is 0.643. The number of carboxylic acids is 1. The van der Waals surface area contributed by atoms with Crippen molar-refractivity contribution in [3.63, 3.8) is 0 Å². The number of ether oxygens (including phenoxy) is 1. The van der Waals surface area contributed by atoms with E-state index in [-0.39, 0.29) is 31.5 Å². The van der Waals surface area contributed by atoms with Crippen molar-refractivity contribution in [1.29, 1.82) is 0 Å². The highest BCUT2D eigenvalue weighted by Gasteiger charge is 2.32. The lowest BCUT2D eigenvalue weighted by Crippen LogP contribution is -2.55. The van der Waals surface area contributed by atoms with Crippen LogP contribution >= 0.6 is 0 Å². The van der Waals surface area contributed by atoms with Crippen LogP contribution in [0.4, 0.5) is 4.79 Å². The minimum absolute atomic E-state index is 0.160. The number of nitrogens with one attached hydrogen (secondary N) is 2. The van der Waals surface area contributed by atoms with Gasteiger partial charge in [-0.2, -0.15) is 0 Å². The number of amides is 3. The SMILES string of the molecule is CNC(=O)C(C)(C)CNC(=O)N1CCOCC1CC(=O)O. The van der Waals surface area contributed by atoms with Gasteiger partial charge in [-0.05, 0) is 13.8 Å². The molecule has 1 fully saturated rings. The Balaban J connectivity index is 2.60. The standard InChI is InChI=1S/C13H23N3O5/c1-13(2,11(19)14-3)8-15-12(20)16-4-5-21-7-9(16)6-10(17)18/h9H,4-8H2,1-3H3,(H,14,19)(H,15,20)(H,17,18). The zero-order valence-corrected chi connectivity index (χ0v) is 12.6. The summed E-state index contributed by atoms with van der Waals surface area (Å²) in [6, 6.07) is -0.860. The Hall–Kier alpha value is -1.83. The molecule has 1 aliphatic heterocycles. The van der Waals surface area contributed by atoms with E-state index >= 15 is 0 Å². The fraction of sp³-hybridized carbons (Fsp3) is 0.769. The molecule has 21 heavy (non-hydrogen) atoms. The van der Waals surface area contributed by atoms with Crippen molar-refractivity contribution in [3.8, 4) is 0 Å². The summed E-state index contributed by atoms with van der Waals surface area (Å²) in [7, 11) is 1.54. The monoisotopic (exact) mass is 301 g/mol. The van der Waals surface area contributed by atoms with Gasteiger partial charge in [0.05, 0.1) is 31.1 Å². The van der Waals surface area contributed by atoms with Crippen LogP contribution in [0.15, 0.2) is 0 Å². The lowest BCUT2D eigenvalue weighted by Gasteiger charge is -2.35. The van der Waals surface area contributed by atoms with E-state index in [4.69, 9.17) is 9.84 Å². The van der Waals surface area contributed by atoms with E-state index in [1.54, 1.807) is 13.8 Å². The van der Waals surface area contributed by atoms with Crippen molar-refractivity contribution in [2.75, 3.05) is 33.4 Å². The first-order valence-electron chi connectivity index (χ1n) is 6.84. The maximum absolute atomic E-state index is 12.2. The third kappa shape index (κ3) is 4.89. The van der Waals surface area contributed by atoms with E-state index in [0.717, 1.165) is 0 Å². The number of aliphatic carboxylic acids is 1. The number of hydrogen-bond acceptors (Lipinski definition) is 4. The van der Waals surface area contributed by atoms with Crippen molar-refractivity contribution < 1.29 is 24.2 Å². The maximum Gasteiger partial charge on any atom is 0.317 e. The second-order valence-corrected chi connectivity index (χ2v) is 5.64. The minimum Gasteiger partial charge on any atom is -0.481 e. The highest BCUT2D eigenvalue weighted by atomic mass is 16.5. The van der Waals surface area contributed by atoms with Crippen LogP contribution in [0.2, 0.25) is 0 Å². The molecule has 1 rings (SSSR count). The van der Waals surface area contributed by atoms with Crippen LogP contribution in [0.3, 0.4) is 0 Å². The Bertz CT molecular complexity index is 411. The second-order valence-electron chi connectivity index (χ2n) is 5.64. The summed E-state index contributed by atoms with van der Waals surface area (Å²) in [5.74, 6) is -1.15. The molecule has 0 aromatic heterocycles. The van der Waals surface area contributed by atoms with Gasteiger partial charge in [0.15, 0.2) is 0 Å². The summed E-state index contributed by atoms with van der Waals surface area (Å²) in [4.78, 5) is 36.1. The molecule has 3 amide bonds. The lowest BCUT2D eigenvalue weighted by atomic mass is 9.92. The summed E-state index contributed by atoms with van der Waals surface area (Å²) < 4.78 is 5.22. The molecule has 1 heterocycles. The molecule has 0 bridgehead atoms. The van der Waals surface area contributed by atoms with Crippen molar-refractivity contribution >= 4 is 17.9 Å². The van der Waals surface area contributed by atoms with Gasteiger partial charge in [0, 0.05) is 20.1 Å². The van der Waals surface area contributed by atoms with Crippen molar-refractivity contribution in [2.45, 2.75) is 26.3 Å². The van der Waals surface area contributed by atoms with Gasteiger partial charge in [0.2, 0.25) is 5.91 Å². The Morgan fingerprint density at radius 1 is 1.38 bits per heavy atom. The van der Waals surface area contributed by atoms with Crippen LogP contribution in [-0.2, 0) is 14.3 Å². The van der Waals surface area contributed by atoms with E-state index in [1.165, 1.54) is 11.9 Å². The molecule has 3 N–H and O–H groups in total. The number of carboxylic acid groups (broad SMARTS) is 1. The van der Waals surface area contributed by atoms with Crippen LogP contribution in [0.5, 0.6) is 0 Å². The molecule has 0 aromatic carbocycles. The Kier molecular flexibility index (Phi) is 5.95. The molecule has 1 saturated heterocycles. The first-order chi connectivity index (χ1) is 9.77. The zero-order valence-electron chi connectivity index (χ0n) is 12.6. The molecule has 1 aliphatic rings. The lowest BCUT2D eigenvalue weighted by molar-refractivity contribution is -0.139. The number of rotatable bonds is 5. The van der Waals surface area contributed by atoms with Crippen LogP contribution in [0.1, 0.15) is 20.3 Å². The molecule has 8 nitrogen and oxygen atoms in total. The van der Waals surface area contributed by atoms with Crippen LogP contribution < -0.4 is 10.6 Å². The number of hydrogen-bond donors (Lipinski definition) is 3. The van der Waals surface area contributed by atoms with Crippen molar-refractivity contribution in [3.05, 3.63) is 0 Å². The van der Waals surface area contributed by atoms with E-state index in [1.807, 2.05) is 0 Å². The maximum atomic E-state index is 12.2. The van der Waals surface area contributed by atoms with Crippen LogP contribution in [0.25, 0.3) is 0 Å². The molecule has 0 spiro atoms. The molecule has 0 radical (unpaired) electrons. The van der Waals surface area contributed by atoms with Crippen molar-refractivity contribution in [2.24, 2.45) is 5.41 Å². The molecule has 0 saturated carbocycles. The van der Waals surface area contributed by atoms with Gasteiger partial charge in [0.25, 0.3) is 0 Å². The molecule has 0 aromatic rings. The third-order valence-corrected chi connectivity index (χ3v) is 3.42. The Morgan fingerprint density at radius 2 is 2.05 bits per heavy atom. The molecule has 8 heteroatoms. The number of urea groups is 1. The van der Waals surface area contributed by atoms with Gasteiger partial charge in [0.1, 0.15) is 0 Å². The first kappa shape index (κ1) is 17.2. The van der Waals surface area contributed by atoms with Gasteiger partial charge in [-0.15, -0.1) is 0 Å². The number of nitrogens with zero attached hydrogens (tertiary/aromatic N) is 1. The van der Waals surface area contributed by atoms with E-state index in [9.17, 15) is 14.4 Å². The smallest absolute Gasteiger partial charge is 0.317 e. The fourth-order valence-electron chi connectivity index (χ4n) is 2.11. The summed E-state index contributed by atoms with van der Waals surface area (Å²) in [6.07, 6.45) is -0.160. The second kappa shape index (κ2) is 7.26. The van der Waals surface area contributed by atoms with Crippen LogP contribution in [0, 0.1) is 5.41 Å². The Morgan fingerprint density at radius 3 is 2.62 bits per heavy atom. The number of morpholine rings is 1. The average Bonchev–Trinajstić information content (AvgIpc) is 2.43. The van der Waals surface area contributed by atoms with Gasteiger partial charge in [-0.1, -0.05) is 0 Å². The van der Waals surface area contributed by atoms with Gasteiger partial charge < -0.3 is 25.4 Å². The molecule has 1 atom stereocenters. The Labute approximate surface area is 123 Å². The summed E-state index contributed by atoms with van der Waals surface area (Å²) >= 11 is 0. The van der Waals surface area contributed by atoms with Crippen LogP contribution in [-0.4, -0.2) is 67.3 Å². The first-order valence-corrected chi connectivity index (χ1v) is 6.84. The fourth-order valence-corrected chi connectivity index (χ4v) is 2.11. The van der Waals surface area contributed by atoms with Gasteiger partial charge >= 0.3 is 12.0 Å². The normalized spacial score (nSPS) is 19.0. The number of carbonyl (C=O) groups is 3. The van der Waals surface area contributed by atoms with Gasteiger partial charge in [-0.25, -0.2) is 4.79 Å². The molecular weight excluding hydrogens is 278 g/mol. The predicted molar refractivity (Wildman–Crippen MR) is 74.8 cm³/mol. The molecule has 0 aliphatic carbocycles. The topological polar surface area (TPSA) is 108 Å². The van der Waals surface area contributed by atoms with Crippen molar-refractivity contribution in [1.82, 2.24) is 15.5 Å². The highest BCUT2D eigenvalue weighted by Crippen LogP contribution is 2.15. The summed E-state index contributed by atoms with van der Waals surface area (Å²) in [6.45, 7) is 4.54. The van der Waals surface area contributed by atoms with E-state index in [0.29, 0.717) is 13.2 Å². The summed E-state index contributed by atoms with van der Waals surface area (Å²) in [5.41, 5.74) is -0.737. The van der Waals surface area contributed by atoms with E-state index < -0.39 is 17.4 Å². The van der Waals surface area contributed by atoms with E-state index in [2.05, 4.69) is 10.6 Å². The minimum atomic E-state index is -0.978. The molecular formula is C13H23N3O5. The zero-order chi connectivity index (χ0) is 16.0. The highest BCUT2D eigenvalue weighted by molar-refractivity contribution is 5.83.